The highest BCUT2D eigenvalue weighted by Crippen LogP contribution is 2.09. The van der Waals surface area contributed by atoms with Gasteiger partial charge in [-0.05, 0) is 12.1 Å². The topological polar surface area (TPSA) is 39.2 Å². The van der Waals surface area contributed by atoms with Gasteiger partial charge in [-0.2, -0.15) is 0 Å². The summed E-state index contributed by atoms with van der Waals surface area (Å²) in [5, 5.41) is 0. The maximum Gasteiger partial charge on any atom is 0.123 e. The Kier molecular flexibility index (Phi) is 1.85. The van der Waals surface area contributed by atoms with Gasteiger partial charge in [0.05, 0.1) is 12.3 Å². The first-order valence-electron chi connectivity index (χ1n) is 2.69. The molecule has 0 aliphatic heterocycles. The van der Waals surface area contributed by atoms with E-state index in [1.165, 1.54) is 6.26 Å². The molecule has 0 radical (unpaired) electrons. The fourth-order valence-corrected chi connectivity index (χ4v) is 0.578. The van der Waals surface area contributed by atoms with Crippen LogP contribution in [0.25, 0.3) is 0 Å². The first kappa shape index (κ1) is 6.29. The summed E-state index contributed by atoms with van der Waals surface area (Å²) in [6.45, 7) is -0.576. The van der Waals surface area contributed by atoms with E-state index in [1.54, 1.807) is 12.1 Å². The largest absolute Gasteiger partial charge is 0.468 e. The van der Waals surface area contributed by atoms with E-state index in [2.05, 4.69) is 0 Å². The lowest BCUT2D eigenvalue weighted by Crippen LogP contribution is -2.10. The third-order valence-electron chi connectivity index (χ3n) is 1.07. The monoisotopic (exact) mass is 129 g/mol. The van der Waals surface area contributed by atoms with Crippen molar-refractivity contribution in [3.8, 4) is 0 Å². The molecule has 0 amide bonds. The van der Waals surface area contributed by atoms with E-state index >= 15 is 0 Å². The molecule has 3 heteroatoms. The Labute approximate surface area is 52.5 Å². The minimum atomic E-state index is -0.597. The Balaban J connectivity index is 2.65. The van der Waals surface area contributed by atoms with Crippen LogP contribution >= 0.6 is 0 Å². The van der Waals surface area contributed by atoms with Gasteiger partial charge in [-0.25, -0.2) is 4.39 Å². The highest BCUT2D eigenvalue weighted by atomic mass is 19.1. The predicted molar refractivity (Wildman–Crippen MR) is 31.6 cm³/mol. The maximum absolute atomic E-state index is 11.8. The SMILES string of the molecule is N[C@@H](CF)c1ccco1. The van der Waals surface area contributed by atoms with Crippen molar-refractivity contribution in [2.75, 3.05) is 6.67 Å². The van der Waals surface area contributed by atoms with Crippen molar-refractivity contribution in [1.29, 1.82) is 0 Å². The molecular formula is C6H8FNO. The smallest absolute Gasteiger partial charge is 0.123 e. The van der Waals surface area contributed by atoms with Gasteiger partial charge in [0, 0.05) is 0 Å². The molecular weight excluding hydrogens is 121 g/mol. The van der Waals surface area contributed by atoms with Crippen LogP contribution in [0, 0.1) is 0 Å². The molecule has 0 saturated carbocycles. The van der Waals surface area contributed by atoms with Gasteiger partial charge in [-0.3, -0.25) is 0 Å². The summed E-state index contributed by atoms with van der Waals surface area (Å²) in [6.07, 6.45) is 1.48. The van der Waals surface area contributed by atoms with Gasteiger partial charge in [-0.1, -0.05) is 0 Å². The number of nitrogens with two attached hydrogens (primary N) is 1. The number of halogens is 1. The third-order valence-corrected chi connectivity index (χ3v) is 1.07. The highest BCUT2D eigenvalue weighted by molar-refractivity contribution is 5.02. The molecule has 0 bridgehead atoms. The predicted octanol–water partition coefficient (Wildman–Crippen LogP) is 1.25. The molecule has 2 N–H and O–H groups in total. The Morgan fingerprint density at radius 2 is 2.56 bits per heavy atom. The molecule has 0 aliphatic rings. The molecule has 1 aromatic heterocycles. The van der Waals surface area contributed by atoms with E-state index in [1.807, 2.05) is 0 Å². The zero-order valence-corrected chi connectivity index (χ0v) is 4.88. The van der Waals surface area contributed by atoms with Gasteiger partial charge in [0.15, 0.2) is 0 Å². The molecule has 0 aromatic carbocycles. The van der Waals surface area contributed by atoms with Crippen molar-refractivity contribution < 1.29 is 8.81 Å². The van der Waals surface area contributed by atoms with Crippen molar-refractivity contribution in [1.82, 2.24) is 0 Å². The maximum atomic E-state index is 11.8. The lowest BCUT2D eigenvalue weighted by Gasteiger charge is -1.99. The fraction of sp³-hybridized carbons (Fsp3) is 0.333. The normalized spacial score (nSPS) is 13.6. The summed E-state index contributed by atoms with van der Waals surface area (Å²) >= 11 is 0. The molecule has 0 fully saturated rings. The standard InChI is InChI=1S/C6H8FNO/c7-4-5(8)6-2-1-3-9-6/h1-3,5H,4,8H2/t5-/m0/s1. The molecule has 9 heavy (non-hydrogen) atoms. The molecule has 0 spiro atoms. The van der Waals surface area contributed by atoms with Gasteiger partial charge >= 0.3 is 0 Å². The number of furan rings is 1. The lowest BCUT2D eigenvalue weighted by molar-refractivity contribution is 0.381. The molecule has 1 aromatic rings. The number of alkyl halides is 1. The van der Waals surface area contributed by atoms with Crippen LogP contribution in [0.15, 0.2) is 22.8 Å². The Bertz CT molecular complexity index is 162. The van der Waals surface area contributed by atoms with Crippen LogP contribution in [-0.2, 0) is 0 Å². The number of hydrogen-bond donors (Lipinski definition) is 1. The molecule has 0 saturated heterocycles. The van der Waals surface area contributed by atoms with Crippen molar-refractivity contribution in [3.63, 3.8) is 0 Å². The summed E-state index contributed by atoms with van der Waals surface area (Å²) in [4.78, 5) is 0. The van der Waals surface area contributed by atoms with Gasteiger partial charge in [0.25, 0.3) is 0 Å². The van der Waals surface area contributed by atoms with Crippen molar-refractivity contribution in [3.05, 3.63) is 24.2 Å². The van der Waals surface area contributed by atoms with Crippen molar-refractivity contribution >= 4 is 0 Å². The highest BCUT2D eigenvalue weighted by Gasteiger charge is 2.05. The van der Waals surface area contributed by atoms with Gasteiger partial charge in [-0.15, -0.1) is 0 Å². The quantitative estimate of drug-likeness (QED) is 0.652. The Hall–Kier alpha value is -0.830. The second-order valence-electron chi connectivity index (χ2n) is 1.78. The molecule has 2 nitrogen and oxygen atoms in total. The minimum absolute atomic E-state index is 0.498. The minimum Gasteiger partial charge on any atom is -0.468 e. The van der Waals surface area contributed by atoms with Gasteiger partial charge in [0.2, 0.25) is 0 Å². The number of hydrogen-bond acceptors (Lipinski definition) is 2. The summed E-state index contributed by atoms with van der Waals surface area (Å²) in [6, 6.07) is 2.75. The van der Waals surface area contributed by atoms with E-state index in [9.17, 15) is 4.39 Å². The second kappa shape index (κ2) is 2.64. The molecule has 50 valence electrons. The van der Waals surface area contributed by atoms with E-state index < -0.39 is 12.7 Å². The molecule has 0 aliphatic carbocycles. The molecule has 1 heterocycles. The molecule has 1 rings (SSSR count). The summed E-state index contributed by atoms with van der Waals surface area (Å²) in [5.74, 6) is 0.498. The van der Waals surface area contributed by atoms with E-state index in [-0.39, 0.29) is 0 Å². The van der Waals surface area contributed by atoms with Crippen molar-refractivity contribution in [2.45, 2.75) is 6.04 Å². The average molecular weight is 129 g/mol. The summed E-state index contributed by atoms with van der Waals surface area (Å²) in [7, 11) is 0. The summed E-state index contributed by atoms with van der Waals surface area (Å²) < 4.78 is 16.6. The average Bonchev–Trinajstić information content (AvgIpc) is 2.37. The third kappa shape index (κ3) is 1.29. The first-order valence-corrected chi connectivity index (χ1v) is 2.69. The summed E-state index contributed by atoms with van der Waals surface area (Å²) in [5.41, 5.74) is 5.27. The van der Waals surface area contributed by atoms with Gasteiger partial charge < -0.3 is 10.2 Å². The van der Waals surface area contributed by atoms with Gasteiger partial charge in [0.1, 0.15) is 12.4 Å². The zero-order valence-electron chi connectivity index (χ0n) is 4.88. The second-order valence-corrected chi connectivity index (χ2v) is 1.78. The Morgan fingerprint density at radius 3 is 3.00 bits per heavy atom. The fourth-order valence-electron chi connectivity index (χ4n) is 0.578. The van der Waals surface area contributed by atoms with Crippen LogP contribution in [0.5, 0.6) is 0 Å². The number of rotatable bonds is 2. The van der Waals surface area contributed by atoms with Crippen LogP contribution in [0.2, 0.25) is 0 Å². The van der Waals surface area contributed by atoms with Crippen LogP contribution < -0.4 is 5.73 Å². The lowest BCUT2D eigenvalue weighted by atomic mass is 10.3. The van der Waals surface area contributed by atoms with Crippen LogP contribution in [0.1, 0.15) is 11.8 Å². The van der Waals surface area contributed by atoms with E-state index in [0.29, 0.717) is 5.76 Å². The zero-order chi connectivity index (χ0) is 6.69. The molecule has 1 atom stereocenters. The van der Waals surface area contributed by atoms with Crippen LogP contribution in [0.4, 0.5) is 4.39 Å². The Morgan fingerprint density at radius 1 is 1.78 bits per heavy atom. The molecule has 0 unspecified atom stereocenters. The van der Waals surface area contributed by atoms with E-state index in [4.69, 9.17) is 10.2 Å². The van der Waals surface area contributed by atoms with Crippen LogP contribution in [0.3, 0.4) is 0 Å². The first-order chi connectivity index (χ1) is 4.34. The van der Waals surface area contributed by atoms with Crippen LogP contribution in [-0.4, -0.2) is 6.67 Å². The van der Waals surface area contributed by atoms with E-state index in [0.717, 1.165) is 0 Å². The van der Waals surface area contributed by atoms with Crippen molar-refractivity contribution in [2.24, 2.45) is 5.73 Å².